The Labute approximate surface area is 134 Å². The van der Waals surface area contributed by atoms with Crippen LogP contribution >= 0.6 is 23.1 Å². The Morgan fingerprint density at radius 2 is 1.76 bits per heavy atom. The van der Waals surface area contributed by atoms with Gasteiger partial charge in [-0.3, -0.25) is 0 Å². The molecule has 0 aliphatic heterocycles. The highest BCUT2D eigenvalue weighted by atomic mass is 32.2. The van der Waals surface area contributed by atoms with Gasteiger partial charge in [-0.25, -0.2) is 4.98 Å². The summed E-state index contributed by atoms with van der Waals surface area (Å²) in [5.74, 6) is 1.13. The first kappa shape index (κ1) is 15.9. The summed E-state index contributed by atoms with van der Waals surface area (Å²) in [5, 5.41) is 0.763. The van der Waals surface area contributed by atoms with Crippen molar-refractivity contribution in [3.8, 4) is 5.19 Å². The first-order chi connectivity index (χ1) is 10.3. The van der Waals surface area contributed by atoms with Crippen molar-refractivity contribution < 1.29 is 4.74 Å². The van der Waals surface area contributed by atoms with E-state index < -0.39 is 0 Å². The highest BCUT2D eigenvalue weighted by Crippen LogP contribution is 2.26. The summed E-state index contributed by atoms with van der Waals surface area (Å²) in [6, 6.07) is 18.5. The predicted molar refractivity (Wildman–Crippen MR) is 94.5 cm³/mol. The second-order valence-corrected chi connectivity index (χ2v) is 6.16. The molecule has 0 saturated heterocycles. The van der Waals surface area contributed by atoms with Crippen LogP contribution in [0.4, 0.5) is 0 Å². The summed E-state index contributed by atoms with van der Waals surface area (Å²) in [6.45, 7) is 2.64. The summed E-state index contributed by atoms with van der Waals surface area (Å²) in [7, 11) is 0. The van der Waals surface area contributed by atoms with Gasteiger partial charge in [0.2, 0.25) is 0 Å². The van der Waals surface area contributed by atoms with Crippen LogP contribution in [0.1, 0.15) is 12.5 Å². The number of hydrogen-bond donors (Lipinski definition) is 0. The molecular formula is C17H19NOS2. The van der Waals surface area contributed by atoms with Crippen molar-refractivity contribution in [2.75, 3.05) is 12.9 Å². The Morgan fingerprint density at radius 3 is 2.43 bits per heavy atom. The summed E-state index contributed by atoms with van der Waals surface area (Å²) in [5.41, 5.74) is 2.43. The van der Waals surface area contributed by atoms with E-state index in [9.17, 15) is 0 Å². The Morgan fingerprint density at radius 1 is 1.05 bits per heavy atom. The zero-order valence-electron chi connectivity index (χ0n) is 12.3. The number of rotatable bonds is 4. The van der Waals surface area contributed by atoms with Gasteiger partial charge in [-0.05, 0) is 30.9 Å². The van der Waals surface area contributed by atoms with E-state index in [4.69, 9.17) is 4.74 Å². The van der Waals surface area contributed by atoms with E-state index in [0.717, 1.165) is 16.5 Å². The molecular weight excluding hydrogens is 298 g/mol. The number of thiazole rings is 1. The van der Waals surface area contributed by atoms with Crippen molar-refractivity contribution >= 4 is 33.3 Å². The van der Waals surface area contributed by atoms with Crippen molar-refractivity contribution in [3.63, 3.8) is 0 Å². The Kier molecular flexibility index (Phi) is 6.57. The second kappa shape index (κ2) is 8.70. The maximum atomic E-state index is 5.30. The molecule has 1 heterocycles. The number of aromatic nitrogens is 1. The van der Waals surface area contributed by atoms with Gasteiger partial charge in [-0.2, -0.15) is 11.8 Å². The summed E-state index contributed by atoms with van der Waals surface area (Å²) in [4.78, 5) is 4.30. The minimum Gasteiger partial charge on any atom is -0.470 e. The molecule has 0 radical (unpaired) electrons. The number of nitrogens with zero attached hydrogens (tertiary/aromatic N) is 1. The first-order valence-corrected chi connectivity index (χ1v) is 9.05. The van der Waals surface area contributed by atoms with Crippen molar-refractivity contribution in [2.24, 2.45) is 0 Å². The molecule has 0 N–H and O–H groups in total. The number of benzene rings is 2. The Bertz CT molecular complexity index is 619. The lowest BCUT2D eigenvalue weighted by atomic mass is 10.2. The average Bonchev–Trinajstić information content (AvgIpc) is 2.92. The molecule has 0 unspecified atom stereocenters. The molecule has 0 atom stereocenters. The van der Waals surface area contributed by atoms with E-state index in [0.29, 0.717) is 6.61 Å². The van der Waals surface area contributed by atoms with E-state index in [1.165, 1.54) is 10.3 Å². The van der Waals surface area contributed by atoms with Crippen LogP contribution in [0.3, 0.4) is 0 Å². The highest BCUT2D eigenvalue weighted by Gasteiger charge is 2.01. The van der Waals surface area contributed by atoms with Gasteiger partial charge in [0.05, 0.1) is 16.8 Å². The van der Waals surface area contributed by atoms with Crippen molar-refractivity contribution in [1.29, 1.82) is 0 Å². The Hall–Kier alpha value is -1.52. The monoisotopic (exact) mass is 317 g/mol. The number of hydrogen-bond acceptors (Lipinski definition) is 4. The maximum Gasteiger partial charge on any atom is 0.274 e. The van der Waals surface area contributed by atoms with Gasteiger partial charge in [0.25, 0.3) is 5.19 Å². The third-order valence-corrected chi connectivity index (χ3v) is 4.27. The quantitative estimate of drug-likeness (QED) is 0.656. The van der Waals surface area contributed by atoms with E-state index in [1.54, 1.807) is 11.3 Å². The van der Waals surface area contributed by atoms with Gasteiger partial charge in [0.15, 0.2) is 0 Å². The smallest absolute Gasteiger partial charge is 0.274 e. The van der Waals surface area contributed by atoms with Crippen LogP contribution in [0.15, 0.2) is 54.6 Å². The van der Waals surface area contributed by atoms with Crippen LogP contribution in [0, 0.1) is 0 Å². The van der Waals surface area contributed by atoms with Crippen LogP contribution in [0.2, 0.25) is 0 Å². The minimum absolute atomic E-state index is 0.680. The van der Waals surface area contributed by atoms with Crippen LogP contribution in [-0.4, -0.2) is 17.8 Å². The largest absolute Gasteiger partial charge is 0.470 e. The minimum atomic E-state index is 0.680. The van der Waals surface area contributed by atoms with Gasteiger partial charge < -0.3 is 4.74 Å². The van der Waals surface area contributed by atoms with E-state index in [1.807, 2.05) is 43.0 Å². The van der Waals surface area contributed by atoms with E-state index in [2.05, 4.69) is 41.6 Å². The molecule has 4 heteroatoms. The van der Waals surface area contributed by atoms with Crippen LogP contribution < -0.4 is 4.74 Å². The molecule has 2 nitrogen and oxygen atoms in total. The van der Waals surface area contributed by atoms with Crippen LogP contribution in [0.25, 0.3) is 10.2 Å². The highest BCUT2D eigenvalue weighted by molar-refractivity contribution is 7.97. The molecule has 1 aromatic heterocycles. The number of fused-ring (bicyclic) bond motifs is 1. The molecule has 0 aliphatic carbocycles. The molecule has 21 heavy (non-hydrogen) atoms. The summed E-state index contributed by atoms with van der Waals surface area (Å²) < 4.78 is 6.48. The van der Waals surface area contributed by atoms with Crippen molar-refractivity contribution in [2.45, 2.75) is 12.7 Å². The van der Waals surface area contributed by atoms with Crippen molar-refractivity contribution in [1.82, 2.24) is 4.98 Å². The van der Waals surface area contributed by atoms with E-state index >= 15 is 0 Å². The van der Waals surface area contributed by atoms with Gasteiger partial charge in [-0.15, -0.1) is 0 Å². The molecule has 0 fully saturated rings. The third kappa shape index (κ3) is 5.06. The van der Waals surface area contributed by atoms with Gasteiger partial charge in [0, 0.05) is 5.75 Å². The average molecular weight is 317 g/mol. The fraction of sp³-hybridized carbons (Fsp3) is 0.235. The third-order valence-electron chi connectivity index (χ3n) is 2.70. The standard InChI is InChI=1S/C9H9NOS.C8H10S/c1-2-11-9-10-7-5-3-4-6-8(7)12-9;1-9-7-8-5-3-2-4-6-8/h3-6H,2H2,1H3;2-6H,7H2,1H3. The normalized spacial score (nSPS) is 10.0. The van der Waals surface area contributed by atoms with Gasteiger partial charge in [-0.1, -0.05) is 53.8 Å². The molecule has 0 amide bonds. The topological polar surface area (TPSA) is 22.1 Å². The molecule has 3 aromatic rings. The SMILES string of the molecule is CCOc1nc2ccccc2s1.CSCc1ccccc1. The van der Waals surface area contributed by atoms with Gasteiger partial charge >= 0.3 is 0 Å². The first-order valence-electron chi connectivity index (χ1n) is 6.84. The second-order valence-electron chi connectivity index (χ2n) is 4.30. The molecule has 0 spiro atoms. The maximum absolute atomic E-state index is 5.30. The van der Waals surface area contributed by atoms with E-state index in [-0.39, 0.29) is 0 Å². The molecule has 3 rings (SSSR count). The molecule has 0 saturated carbocycles. The lowest BCUT2D eigenvalue weighted by molar-refractivity contribution is 0.339. The molecule has 0 bridgehead atoms. The number of ether oxygens (including phenoxy) is 1. The zero-order chi connectivity index (χ0) is 14.9. The molecule has 0 aliphatic rings. The molecule has 2 aromatic carbocycles. The fourth-order valence-corrected chi connectivity index (χ4v) is 3.18. The zero-order valence-corrected chi connectivity index (χ0v) is 13.9. The summed E-state index contributed by atoms with van der Waals surface area (Å²) >= 11 is 3.44. The van der Waals surface area contributed by atoms with Gasteiger partial charge in [0.1, 0.15) is 0 Å². The Balaban J connectivity index is 0.000000161. The fourth-order valence-electron chi connectivity index (χ4n) is 1.78. The number of thioether (sulfide) groups is 1. The predicted octanol–water partition coefficient (Wildman–Crippen LogP) is 5.24. The van der Waals surface area contributed by atoms with Crippen LogP contribution in [-0.2, 0) is 5.75 Å². The lowest BCUT2D eigenvalue weighted by Gasteiger charge is -1.93. The van der Waals surface area contributed by atoms with Crippen LogP contribution in [0.5, 0.6) is 5.19 Å². The van der Waals surface area contributed by atoms with Crippen molar-refractivity contribution in [3.05, 3.63) is 60.2 Å². The summed E-state index contributed by atoms with van der Waals surface area (Å²) in [6.07, 6.45) is 2.12. The lowest BCUT2D eigenvalue weighted by Crippen LogP contribution is -1.88. The number of para-hydroxylation sites is 1. The molecule has 110 valence electrons.